The molecule has 0 fully saturated rings. The SMILES string of the molecule is [Np].[Np].[Np].[Sn]. The third-order valence-corrected chi connectivity index (χ3v) is 0. The molecule has 0 amide bonds. The maximum atomic E-state index is 0. The molecular weight excluding hydrogens is 830 g/mol. The molecule has 0 saturated heterocycles. The second-order valence-corrected chi connectivity index (χ2v) is 0. The zero-order valence-electron chi connectivity index (χ0n) is 1.84. The molecule has 19 valence electrons. The molecule has 0 saturated carbocycles. The fraction of sp³-hybridized carbons (Fsp3) is 0. The summed E-state index contributed by atoms with van der Waals surface area (Å²) in [5.74, 6) is 0. The molecule has 7 radical (unpaired) electrons. The summed E-state index contributed by atoms with van der Waals surface area (Å²) in [6.07, 6.45) is 0. The Bertz CT molecular complexity index is 3.25. The van der Waals surface area contributed by atoms with Gasteiger partial charge in [-0.15, -0.1) is 0 Å². The molecule has 0 aromatic heterocycles. The maximum Gasteiger partial charge on any atom is 0 e. The first-order valence-corrected chi connectivity index (χ1v) is 0. The van der Waals surface area contributed by atoms with Gasteiger partial charge in [-0.2, -0.15) is 0 Å². The minimum Gasteiger partial charge on any atom is 0 e. The van der Waals surface area contributed by atoms with Crippen LogP contribution in [0.4, 0.5) is 0 Å². The van der Waals surface area contributed by atoms with Crippen molar-refractivity contribution in [1.82, 2.24) is 0 Å². The molecule has 0 atom stereocenters. The van der Waals surface area contributed by atoms with Gasteiger partial charge in [0, 0.05) is 114 Å². The molecule has 4 heteroatoms. The third-order valence-electron chi connectivity index (χ3n) is 0. The van der Waals surface area contributed by atoms with Crippen LogP contribution in [-0.2, 0) is 0 Å². The average molecular weight is 830 g/mol. The van der Waals surface area contributed by atoms with Crippen molar-refractivity contribution in [2.75, 3.05) is 0 Å². The second-order valence-electron chi connectivity index (χ2n) is 0. The summed E-state index contributed by atoms with van der Waals surface area (Å²) in [6.45, 7) is 0. The van der Waals surface area contributed by atoms with Gasteiger partial charge in [0.05, 0.1) is 0 Å². The summed E-state index contributed by atoms with van der Waals surface area (Å²) < 4.78 is 0. The summed E-state index contributed by atoms with van der Waals surface area (Å²) in [7, 11) is 0. The van der Waals surface area contributed by atoms with Crippen LogP contribution in [0.3, 0.4) is 0 Å². The minimum atomic E-state index is 0. The Balaban J connectivity index is 0. The molecule has 0 spiro atoms. The van der Waals surface area contributed by atoms with E-state index in [1.54, 1.807) is 0 Å². The van der Waals surface area contributed by atoms with Gasteiger partial charge in [0.15, 0.2) is 0 Å². The smallest absolute Gasteiger partial charge is 0 e. The van der Waals surface area contributed by atoms with Crippen molar-refractivity contribution in [2.45, 2.75) is 0 Å². The first kappa shape index (κ1) is 24.9. The van der Waals surface area contributed by atoms with Crippen LogP contribution < -0.4 is 0 Å². The second kappa shape index (κ2) is 15.8. The average Bonchev–Trinajstić information content (AvgIpc) is 0. The fourth-order valence-electron chi connectivity index (χ4n) is 0. The molecule has 0 rings (SSSR count). The quantitative estimate of drug-likeness (QED) is 0.293. The van der Waals surface area contributed by atoms with Gasteiger partial charge < -0.3 is 0 Å². The topological polar surface area (TPSA) is 0 Å². The molecule has 0 aliphatic heterocycles. The predicted molar refractivity (Wildman–Crippen MR) is 5.75 cm³/mol. The Hall–Kier alpha value is 3.84. The number of rotatable bonds is 0. The van der Waals surface area contributed by atoms with Crippen molar-refractivity contribution in [1.29, 1.82) is 0 Å². The zero-order valence-corrected chi connectivity index (χ0v) is 15.9. The van der Waals surface area contributed by atoms with Crippen molar-refractivity contribution in [3.05, 3.63) is 0 Å². The zero-order chi connectivity index (χ0) is 0. The molecule has 0 nitrogen and oxygen atoms in total. The summed E-state index contributed by atoms with van der Waals surface area (Å²) >= 11 is 0. The first-order chi connectivity index (χ1) is 0. The summed E-state index contributed by atoms with van der Waals surface area (Å²) in [6, 6.07) is 0. The van der Waals surface area contributed by atoms with Gasteiger partial charge in [-0.1, -0.05) is 0 Å². The van der Waals surface area contributed by atoms with E-state index in [9.17, 15) is 0 Å². The Morgan fingerprint density at radius 3 is 0.500 bits per heavy atom. The molecule has 0 aromatic rings. The minimum absolute atomic E-state index is 0. The Labute approximate surface area is 111 Å². The van der Waals surface area contributed by atoms with E-state index in [1.807, 2.05) is 0 Å². The van der Waals surface area contributed by atoms with Crippen molar-refractivity contribution >= 4 is 23.9 Å². The monoisotopic (exact) mass is 828 g/mol. The van der Waals surface area contributed by atoms with E-state index in [0.717, 1.165) is 0 Å². The van der Waals surface area contributed by atoms with Gasteiger partial charge in [0.1, 0.15) is 0 Å². The third kappa shape index (κ3) is 9.28. The summed E-state index contributed by atoms with van der Waals surface area (Å²) in [5, 5.41) is 0. The van der Waals surface area contributed by atoms with Crippen LogP contribution in [0.25, 0.3) is 0 Å². The Morgan fingerprint density at radius 2 is 0.500 bits per heavy atom. The normalized spacial score (nSPS) is 0. The molecule has 0 bridgehead atoms. The van der Waals surface area contributed by atoms with Crippen LogP contribution >= 0.6 is 0 Å². The predicted octanol–water partition coefficient (Wildman–Crippen LogP) is -0.381. The van der Waals surface area contributed by atoms with E-state index in [0.29, 0.717) is 0 Å². The van der Waals surface area contributed by atoms with E-state index in [2.05, 4.69) is 0 Å². The van der Waals surface area contributed by atoms with Gasteiger partial charge >= 0.3 is 0 Å². The van der Waals surface area contributed by atoms with Crippen molar-refractivity contribution in [3.63, 3.8) is 0 Å². The van der Waals surface area contributed by atoms with E-state index in [1.165, 1.54) is 0 Å². The van der Waals surface area contributed by atoms with Crippen molar-refractivity contribution in [3.8, 4) is 0 Å². The van der Waals surface area contributed by atoms with E-state index >= 15 is 0 Å². The molecule has 0 unspecified atom stereocenters. The van der Waals surface area contributed by atoms with Gasteiger partial charge in [-0.25, -0.2) is 0 Å². The summed E-state index contributed by atoms with van der Waals surface area (Å²) in [5.41, 5.74) is 0. The van der Waals surface area contributed by atoms with Crippen LogP contribution in [0, 0.1) is 89.8 Å². The van der Waals surface area contributed by atoms with Crippen LogP contribution in [0.1, 0.15) is 0 Å². The molecular formula is Np3Sn. The molecule has 4 heavy (non-hydrogen) atoms. The van der Waals surface area contributed by atoms with Crippen LogP contribution in [0.5, 0.6) is 0 Å². The Kier molecular flexibility index (Phi) is 98.4. The fourth-order valence-corrected chi connectivity index (χ4v) is 0. The van der Waals surface area contributed by atoms with Gasteiger partial charge in [-0.3, -0.25) is 0 Å². The number of hydrogen-bond acceptors (Lipinski definition) is 0. The first-order valence-electron chi connectivity index (χ1n) is 0. The maximum absolute atomic E-state index is 0. The molecule has 0 aromatic carbocycles. The molecule has 0 heterocycles. The standard InChI is InChI=1S/3Np.Sn. The molecule has 0 aliphatic carbocycles. The van der Waals surface area contributed by atoms with E-state index in [4.69, 9.17) is 0 Å². The van der Waals surface area contributed by atoms with Gasteiger partial charge in [-0.05, 0) is 0 Å². The van der Waals surface area contributed by atoms with Gasteiger partial charge in [0.25, 0.3) is 0 Å². The molecule has 0 aliphatic rings. The Morgan fingerprint density at radius 1 is 0.500 bits per heavy atom. The van der Waals surface area contributed by atoms with E-state index < -0.39 is 0 Å². The van der Waals surface area contributed by atoms with Crippen LogP contribution in [-0.4, -0.2) is 23.9 Å². The van der Waals surface area contributed by atoms with Crippen LogP contribution in [0.15, 0.2) is 0 Å². The van der Waals surface area contributed by atoms with E-state index in [-0.39, 0.29) is 114 Å². The van der Waals surface area contributed by atoms with Gasteiger partial charge in [0.2, 0.25) is 0 Å². The summed E-state index contributed by atoms with van der Waals surface area (Å²) in [4.78, 5) is 0. The van der Waals surface area contributed by atoms with Crippen molar-refractivity contribution < 1.29 is 89.8 Å². The largest absolute Gasteiger partial charge is 0 e. The van der Waals surface area contributed by atoms with Crippen molar-refractivity contribution in [2.24, 2.45) is 0 Å². The number of hydrogen-bond donors (Lipinski definition) is 0. The van der Waals surface area contributed by atoms with Crippen LogP contribution in [0.2, 0.25) is 0 Å². The molecule has 0 N–H and O–H groups in total.